The summed E-state index contributed by atoms with van der Waals surface area (Å²) in [5.74, 6) is -0.614. The number of anilines is 1. The Hall–Kier alpha value is -3.15. The van der Waals surface area contributed by atoms with Gasteiger partial charge in [0.2, 0.25) is 0 Å². The van der Waals surface area contributed by atoms with E-state index in [1.807, 2.05) is 13.0 Å². The molecule has 1 amide bonds. The number of fused-ring (bicyclic) bond motifs is 1. The van der Waals surface area contributed by atoms with Crippen LogP contribution in [0.4, 0.5) is 5.69 Å². The van der Waals surface area contributed by atoms with E-state index in [2.05, 4.69) is 5.32 Å². The largest absolute Gasteiger partial charge is 0.805 e. The number of aromatic nitrogens is 2. The number of carbonyl (C=O) groups is 1. The van der Waals surface area contributed by atoms with Gasteiger partial charge in [-0.25, -0.2) is 0 Å². The smallest absolute Gasteiger partial charge is 0.346 e. The molecule has 0 aliphatic heterocycles. The fourth-order valence-electron chi connectivity index (χ4n) is 2.48. The molecule has 0 aliphatic carbocycles. The van der Waals surface area contributed by atoms with Gasteiger partial charge in [-0.15, -0.1) is 0 Å². The van der Waals surface area contributed by atoms with Gasteiger partial charge >= 0.3 is 11.6 Å². The lowest BCUT2D eigenvalue weighted by Crippen LogP contribution is -2.33. The number of nitrogens with one attached hydrogen (secondary N) is 1. The zero-order valence-corrected chi connectivity index (χ0v) is 12.7. The molecule has 23 heavy (non-hydrogen) atoms. The second kappa shape index (κ2) is 5.57. The predicted octanol–water partition coefficient (Wildman–Crippen LogP) is 2.77. The second-order valence-electron chi connectivity index (χ2n) is 5.34. The van der Waals surface area contributed by atoms with Crippen molar-refractivity contribution in [2.24, 2.45) is 0 Å². The van der Waals surface area contributed by atoms with Crippen LogP contribution in [0.25, 0.3) is 11.0 Å². The van der Waals surface area contributed by atoms with E-state index in [-0.39, 0.29) is 22.4 Å². The van der Waals surface area contributed by atoms with Gasteiger partial charge in [0.15, 0.2) is 0 Å². The number of para-hydroxylation sites is 1. The van der Waals surface area contributed by atoms with Crippen molar-refractivity contribution in [1.82, 2.24) is 4.73 Å². The lowest BCUT2D eigenvalue weighted by Gasteiger charge is -2.16. The first kappa shape index (κ1) is 14.8. The summed E-state index contributed by atoms with van der Waals surface area (Å²) < 4.78 is 1.13. The third kappa shape index (κ3) is 2.55. The average Bonchev–Trinajstić information content (AvgIpc) is 2.54. The summed E-state index contributed by atoms with van der Waals surface area (Å²) in [6.07, 6.45) is 0. The van der Waals surface area contributed by atoms with Gasteiger partial charge in [0.05, 0.1) is 10.1 Å². The van der Waals surface area contributed by atoms with Gasteiger partial charge in [-0.1, -0.05) is 24.3 Å². The van der Waals surface area contributed by atoms with Crippen LogP contribution in [-0.2, 0) is 0 Å². The maximum absolute atomic E-state index is 12.6. The van der Waals surface area contributed by atoms with Crippen molar-refractivity contribution < 1.29 is 9.22 Å². The molecule has 6 nitrogen and oxygen atoms in total. The molecule has 2 aromatic carbocycles. The molecule has 0 spiro atoms. The zero-order valence-electron chi connectivity index (χ0n) is 12.7. The van der Waals surface area contributed by atoms with E-state index in [9.17, 15) is 14.9 Å². The first-order valence-electron chi connectivity index (χ1n) is 7.11. The van der Waals surface area contributed by atoms with Gasteiger partial charge in [0.1, 0.15) is 5.52 Å². The number of rotatable bonds is 2. The molecule has 3 rings (SSSR count). The minimum Gasteiger partial charge on any atom is -0.805 e. The van der Waals surface area contributed by atoms with Crippen LogP contribution in [0.5, 0.6) is 0 Å². The molecule has 0 saturated carbocycles. The number of amides is 1. The highest BCUT2D eigenvalue weighted by molar-refractivity contribution is 6.03. The highest BCUT2D eigenvalue weighted by Crippen LogP contribution is 2.16. The third-order valence-electron chi connectivity index (χ3n) is 3.67. The summed E-state index contributed by atoms with van der Waals surface area (Å²) in [5.41, 5.74) is 1.65. The Balaban J connectivity index is 2.17. The first-order valence-corrected chi connectivity index (χ1v) is 7.11. The van der Waals surface area contributed by atoms with Crippen LogP contribution in [0.15, 0.2) is 48.5 Å². The summed E-state index contributed by atoms with van der Waals surface area (Å²) in [7, 11) is 0. The quantitative estimate of drug-likeness (QED) is 0.739. The zero-order chi connectivity index (χ0) is 16.6. The molecule has 0 radical (unpaired) electrons. The number of carbonyl (C=O) groups excluding carboxylic acids is 1. The van der Waals surface area contributed by atoms with Gasteiger partial charge in [-0.3, -0.25) is 4.79 Å². The Morgan fingerprint density at radius 1 is 1.13 bits per heavy atom. The van der Waals surface area contributed by atoms with E-state index in [1.54, 1.807) is 42.5 Å². The molecule has 0 saturated heterocycles. The molecular weight excluding hydrogens is 294 g/mol. The maximum Gasteiger partial charge on any atom is 0.346 e. The Labute approximate surface area is 132 Å². The summed E-state index contributed by atoms with van der Waals surface area (Å²) in [4.78, 5) is 25.0. The molecule has 0 aliphatic rings. The number of aryl methyl sites for hydroxylation is 1. The molecular formula is C17H15N3O3. The van der Waals surface area contributed by atoms with Crippen molar-refractivity contribution in [3.63, 3.8) is 0 Å². The Bertz CT molecular complexity index is 962. The van der Waals surface area contributed by atoms with Crippen LogP contribution in [0.3, 0.4) is 0 Å². The van der Waals surface area contributed by atoms with E-state index in [1.165, 1.54) is 6.92 Å². The van der Waals surface area contributed by atoms with Crippen LogP contribution in [0.2, 0.25) is 0 Å². The lowest BCUT2D eigenvalue weighted by molar-refractivity contribution is -0.468. The van der Waals surface area contributed by atoms with Crippen molar-refractivity contribution in [3.05, 3.63) is 75.6 Å². The molecule has 1 aromatic heterocycles. The highest BCUT2D eigenvalue weighted by Gasteiger charge is 2.27. The summed E-state index contributed by atoms with van der Waals surface area (Å²) in [6.45, 7) is 3.28. The van der Waals surface area contributed by atoms with Crippen molar-refractivity contribution in [2.45, 2.75) is 13.8 Å². The monoisotopic (exact) mass is 309 g/mol. The van der Waals surface area contributed by atoms with Crippen LogP contribution < -0.4 is 9.74 Å². The number of nitrogens with zero attached hydrogens (tertiary/aromatic N) is 2. The molecule has 0 atom stereocenters. The summed E-state index contributed by atoms with van der Waals surface area (Å²) in [5, 5.41) is 15.0. The van der Waals surface area contributed by atoms with Crippen LogP contribution in [-0.4, -0.2) is 10.6 Å². The van der Waals surface area contributed by atoms with Crippen LogP contribution in [0, 0.1) is 24.0 Å². The first-order chi connectivity index (χ1) is 11.0. The highest BCUT2D eigenvalue weighted by atomic mass is 16.5. The molecule has 0 bridgehead atoms. The van der Waals surface area contributed by atoms with Gasteiger partial charge in [-0.05, 0) is 37.6 Å². The van der Waals surface area contributed by atoms with Crippen LogP contribution in [0.1, 0.15) is 21.7 Å². The fourth-order valence-corrected chi connectivity index (χ4v) is 2.48. The fraction of sp³-hybridized carbons (Fsp3) is 0.118. The van der Waals surface area contributed by atoms with Crippen molar-refractivity contribution in [2.75, 3.05) is 5.32 Å². The Kier molecular flexibility index (Phi) is 3.57. The summed E-state index contributed by atoms with van der Waals surface area (Å²) in [6, 6.07) is 13.7. The Morgan fingerprint density at radius 3 is 2.52 bits per heavy atom. The van der Waals surface area contributed by atoms with Gasteiger partial charge in [0, 0.05) is 16.7 Å². The average molecular weight is 309 g/mol. The lowest BCUT2D eigenvalue weighted by atomic mass is 10.2. The van der Waals surface area contributed by atoms with E-state index < -0.39 is 5.91 Å². The topological polar surface area (TPSA) is 80.1 Å². The molecule has 116 valence electrons. The minimum absolute atomic E-state index is 0.0600. The standard InChI is InChI=1S/C17H15N3O3/c1-11-8-9-14-15(10-11)20(23)16(12(2)19(14)22)17(21)18-13-6-4-3-5-7-13/h3-10H,1-2H3,(H,18,21). The van der Waals surface area contributed by atoms with Gasteiger partial charge < -0.3 is 15.3 Å². The molecule has 6 heteroatoms. The number of hydrogen-bond acceptors (Lipinski definition) is 3. The summed E-state index contributed by atoms with van der Waals surface area (Å²) >= 11 is 0. The SMILES string of the molecule is Cc1ccc2c(c1)[n+](=O)c(C(=O)Nc1ccccc1)c(C)n2[O-]. The van der Waals surface area contributed by atoms with Crippen molar-refractivity contribution in [1.29, 1.82) is 0 Å². The van der Waals surface area contributed by atoms with Gasteiger partial charge in [-0.2, -0.15) is 0 Å². The van der Waals surface area contributed by atoms with E-state index in [0.29, 0.717) is 14.8 Å². The maximum atomic E-state index is 12.6. The number of hydrogen-bond donors (Lipinski definition) is 1. The normalized spacial score (nSPS) is 10.7. The van der Waals surface area contributed by atoms with E-state index in [4.69, 9.17) is 0 Å². The Morgan fingerprint density at radius 2 is 1.83 bits per heavy atom. The third-order valence-corrected chi connectivity index (χ3v) is 3.67. The molecule has 1 N–H and O–H groups in total. The van der Waals surface area contributed by atoms with E-state index >= 15 is 0 Å². The second-order valence-corrected chi connectivity index (χ2v) is 5.34. The molecule has 3 aromatic rings. The van der Waals surface area contributed by atoms with Crippen molar-refractivity contribution in [3.8, 4) is 0 Å². The van der Waals surface area contributed by atoms with Crippen molar-refractivity contribution >= 4 is 22.6 Å². The molecule has 1 heterocycles. The number of benzene rings is 2. The molecule has 0 fully saturated rings. The van der Waals surface area contributed by atoms with Gasteiger partial charge in [0.25, 0.3) is 5.52 Å². The predicted molar refractivity (Wildman–Crippen MR) is 87.9 cm³/mol. The van der Waals surface area contributed by atoms with Crippen LogP contribution >= 0.6 is 0 Å². The van der Waals surface area contributed by atoms with E-state index in [0.717, 1.165) is 5.56 Å². The minimum atomic E-state index is -0.614. The molecule has 0 unspecified atom stereocenters.